The molecular weight excluding hydrogens is 433 g/mol. The first-order valence-corrected chi connectivity index (χ1v) is 9.49. The molecule has 0 aromatic heterocycles. The number of hydrogen-bond donors (Lipinski definition) is 2. The first kappa shape index (κ1) is 23.2. The van der Waals surface area contributed by atoms with Gasteiger partial charge in [-0.1, -0.05) is 23.2 Å². The zero-order valence-corrected chi connectivity index (χ0v) is 17.5. The smallest absolute Gasteiger partial charge is 0.343 e. The van der Waals surface area contributed by atoms with Gasteiger partial charge in [0.1, 0.15) is 5.75 Å². The molecule has 2 aromatic rings. The topological polar surface area (TPSA) is 106 Å². The van der Waals surface area contributed by atoms with Gasteiger partial charge in [0.05, 0.1) is 23.4 Å². The first-order valence-electron chi connectivity index (χ1n) is 8.74. The maximum atomic E-state index is 12.0. The van der Waals surface area contributed by atoms with E-state index < -0.39 is 5.97 Å². The zero-order valence-electron chi connectivity index (χ0n) is 16.0. The summed E-state index contributed by atoms with van der Waals surface area (Å²) in [5.41, 5.74) is 3.44. The summed E-state index contributed by atoms with van der Waals surface area (Å²) in [6.07, 6.45) is 1.50. The largest absolute Gasteiger partial charge is 0.482 e. The fourth-order valence-electron chi connectivity index (χ4n) is 2.12. The van der Waals surface area contributed by atoms with E-state index in [1.807, 2.05) is 0 Å². The summed E-state index contributed by atoms with van der Waals surface area (Å²) in [5, 5.41) is 7.10. The predicted molar refractivity (Wildman–Crippen MR) is 113 cm³/mol. The number of hydrazone groups is 1. The van der Waals surface area contributed by atoms with Gasteiger partial charge < -0.3 is 14.8 Å². The molecule has 2 rings (SSSR count). The van der Waals surface area contributed by atoms with Crippen molar-refractivity contribution in [3.63, 3.8) is 0 Å². The molecule has 0 aliphatic heterocycles. The van der Waals surface area contributed by atoms with E-state index in [1.165, 1.54) is 25.5 Å². The van der Waals surface area contributed by atoms with Crippen LogP contribution in [0.1, 0.15) is 22.3 Å². The summed E-state index contributed by atoms with van der Waals surface area (Å²) < 4.78 is 9.71. The lowest BCUT2D eigenvalue weighted by Gasteiger charge is -2.06. The molecule has 2 amide bonds. The molecule has 0 aliphatic rings. The Balaban J connectivity index is 1.71. The van der Waals surface area contributed by atoms with Gasteiger partial charge in [0.15, 0.2) is 6.61 Å². The molecule has 0 spiro atoms. The van der Waals surface area contributed by atoms with E-state index in [4.69, 9.17) is 27.9 Å². The molecule has 2 aromatic carbocycles. The summed E-state index contributed by atoms with van der Waals surface area (Å²) in [6.45, 7) is -0.0474. The maximum absolute atomic E-state index is 12.0. The number of carbonyl (C=O) groups excluding carboxylic acids is 3. The van der Waals surface area contributed by atoms with Crippen LogP contribution in [-0.2, 0) is 14.3 Å². The van der Waals surface area contributed by atoms with Gasteiger partial charge in [0.25, 0.3) is 5.91 Å². The molecule has 0 radical (unpaired) electrons. The molecular formula is C20H19Cl2N3O5. The minimum atomic E-state index is -0.475. The Kier molecular flexibility index (Phi) is 9.11. The number of methoxy groups -OCH3 is 1. The summed E-state index contributed by atoms with van der Waals surface area (Å²) in [6, 6.07) is 11.3. The third-order valence-electron chi connectivity index (χ3n) is 3.69. The van der Waals surface area contributed by atoms with Gasteiger partial charge >= 0.3 is 5.97 Å². The number of carbonyl (C=O) groups is 3. The molecule has 10 heteroatoms. The van der Waals surface area contributed by atoms with Crippen LogP contribution in [0.4, 0.5) is 0 Å². The van der Waals surface area contributed by atoms with Crippen molar-refractivity contribution in [3.8, 4) is 5.75 Å². The van der Waals surface area contributed by atoms with Crippen LogP contribution in [0.25, 0.3) is 0 Å². The van der Waals surface area contributed by atoms with Crippen molar-refractivity contribution in [2.24, 2.45) is 5.10 Å². The highest BCUT2D eigenvalue weighted by molar-refractivity contribution is 6.42. The fraction of sp³-hybridized carbons (Fsp3) is 0.200. The normalized spacial score (nSPS) is 10.5. The van der Waals surface area contributed by atoms with Crippen LogP contribution in [0, 0.1) is 0 Å². The predicted octanol–water partition coefficient (Wildman–Crippen LogP) is 2.82. The van der Waals surface area contributed by atoms with Crippen LogP contribution in [0.5, 0.6) is 5.75 Å². The lowest BCUT2D eigenvalue weighted by atomic mass is 10.2. The Morgan fingerprint density at radius 2 is 1.80 bits per heavy atom. The Labute approximate surface area is 183 Å². The highest BCUT2D eigenvalue weighted by Gasteiger charge is 2.08. The van der Waals surface area contributed by atoms with Crippen LogP contribution < -0.4 is 15.5 Å². The number of amides is 2. The number of rotatable bonds is 9. The Bertz CT molecular complexity index is 933. The van der Waals surface area contributed by atoms with Crippen molar-refractivity contribution in [1.29, 1.82) is 0 Å². The van der Waals surface area contributed by atoms with Crippen molar-refractivity contribution < 1.29 is 23.9 Å². The number of nitrogens with one attached hydrogen (secondary N) is 2. The summed E-state index contributed by atoms with van der Waals surface area (Å²) in [7, 11) is 1.28. The minimum Gasteiger partial charge on any atom is -0.482 e. The molecule has 158 valence electrons. The fourth-order valence-corrected chi connectivity index (χ4v) is 2.41. The number of esters is 1. The number of ether oxygens (including phenoxy) is 2. The van der Waals surface area contributed by atoms with E-state index in [9.17, 15) is 14.4 Å². The maximum Gasteiger partial charge on any atom is 0.343 e. The van der Waals surface area contributed by atoms with Gasteiger partial charge in [0.2, 0.25) is 5.91 Å². The average Bonchev–Trinajstić information content (AvgIpc) is 2.74. The number of benzene rings is 2. The Hall–Kier alpha value is -3.10. The minimum absolute atomic E-state index is 0.0463. The highest BCUT2D eigenvalue weighted by Crippen LogP contribution is 2.22. The van der Waals surface area contributed by atoms with E-state index in [0.29, 0.717) is 21.9 Å². The monoisotopic (exact) mass is 451 g/mol. The third-order valence-corrected chi connectivity index (χ3v) is 4.43. The molecule has 0 atom stereocenters. The number of nitrogens with zero attached hydrogens (tertiary/aromatic N) is 1. The molecule has 2 N–H and O–H groups in total. The first-order chi connectivity index (χ1) is 14.4. The van der Waals surface area contributed by atoms with Crippen molar-refractivity contribution in [2.75, 3.05) is 20.3 Å². The Morgan fingerprint density at radius 3 is 2.47 bits per heavy atom. The SMILES string of the molecule is COC(=O)COc1ccc(C=NNC(=O)CCNC(=O)c2ccc(Cl)c(Cl)c2)cc1. The molecule has 0 fully saturated rings. The number of halogens is 2. The van der Waals surface area contributed by atoms with Crippen molar-refractivity contribution >= 4 is 47.2 Å². The van der Waals surface area contributed by atoms with Crippen LogP contribution in [-0.4, -0.2) is 44.3 Å². The molecule has 0 bridgehead atoms. The quantitative estimate of drug-likeness (QED) is 0.346. The van der Waals surface area contributed by atoms with Gasteiger partial charge in [-0.25, -0.2) is 10.2 Å². The average molecular weight is 452 g/mol. The van der Waals surface area contributed by atoms with Crippen molar-refractivity contribution in [3.05, 3.63) is 63.6 Å². The molecule has 0 saturated heterocycles. The van der Waals surface area contributed by atoms with Crippen LogP contribution in [0.3, 0.4) is 0 Å². The zero-order chi connectivity index (χ0) is 21.9. The van der Waals surface area contributed by atoms with Crippen LogP contribution in [0.2, 0.25) is 10.0 Å². The van der Waals surface area contributed by atoms with E-state index in [1.54, 1.807) is 30.3 Å². The Morgan fingerprint density at radius 1 is 1.07 bits per heavy atom. The van der Waals surface area contributed by atoms with Gasteiger partial charge in [-0.2, -0.15) is 5.10 Å². The highest BCUT2D eigenvalue weighted by atomic mass is 35.5. The van der Waals surface area contributed by atoms with Crippen LogP contribution >= 0.6 is 23.2 Å². The number of hydrogen-bond acceptors (Lipinski definition) is 6. The molecule has 0 aliphatic carbocycles. The molecule has 0 unspecified atom stereocenters. The van der Waals surface area contributed by atoms with Crippen LogP contribution in [0.15, 0.2) is 47.6 Å². The van der Waals surface area contributed by atoms with Gasteiger partial charge in [-0.15, -0.1) is 0 Å². The molecule has 0 saturated carbocycles. The van der Waals surface area contributed by atoms with Gasteiger partial charge in [-0.05, 0) is 48.0 Å². The summed E-state index contributed by atoms with van der Waals surface area (Å²) >= 11 is 11.7. The summed E-state index contributed by atoms with van der Waals surface area (Å²) in [4.78, 5) is 34.8. The van der Waals surface area contributed by atoms with E-state index in [0.717, 1.165) is 0 Å². The van der Waals surface area contributed by atoms with Gasteiger partial charge in [-0.3, -0.25) is 9.59 Å². The molecule has 0 heterocycles. The lowest BCUT2D eigenvalue weighted by molar-refractivity contribution is -0.142. The molecule has 30 heavy (non-hydrogen) atoms. The van der Waals surface area contributed by atoms with Crippen molar-refractivity contribution in [2.45, 2.75) is 6.42 Å². The standard InChI is InChI=1S/C20H19Cl2N3O5/c1-29-19(27)12-30-15-5-2-13(3-6-15)11-24-25-18(26)8-9-23-20(28)14-4-7-16(21)17(22)10-14/h2-7,10-11H,8-9,12H2,1H3,(H,23,28)(H,25,26). The second-order valence-electron chi connectivity index (χ2n) is 5.86. The third kappa shape index (κ3) is 7.73. The lowest BCUT2D eigenvalue weighted by Crippen LogP contribution is -2.29. The van der Waals surface area contributed by atoms with E-state index >= 15 is 0 Å². The molecule has 8 nitrogen and oxygen atoms in total. The van der Waals surface area contributed by atoms with E-state index in [2.05, 4.69) is 20.6 Å². The summed E-state index contributed by atoms with van der Waals surface area (Å²) in [5.74, 6) is -0.700. The van der Waals surface area contributed by atoms with E-state index in [-0.39, 0.29) is 36.4 Å². The van der Waals surface area contributed by atoms with Crippen molar-refractivity contribution in [1.82, 2.24) is 10.7 Å². The second-order valence-corrected chi connectivity index (χ2v) is 6.68. The van der Waals surface area contributed by atoms with Gasteiger partial charge in [0, 0.05) is 18.5 Å². The second kappa shape index (κ2) is 11.8.